The molecule has 0 amide bonds. The first-order valence-corrected chi connectivity index (χ1v) is 6.20. The van der Waals surface area contributed by atoms with Crippen LogP contribution in [0.25, 0.3) is 0 Å². The van der Waals surface area contributed by atoms with Crippen LogP contribution < -0.4 is 4.74 Å². The van der Waals surface area contributed by atoms with E-state index in [0.717, 1.165) is 6.07 Å². The number of ketones is 1. The van der Waals surface area contributed by atoms with Crippen LogP contribution >= 0.6 is 15.9 Å². The first-order valence-electron chi connectivity index (χ1n) is 5.41. The monoisotopic (exact) mass is 326 g/mol. The molecule has 2 aromatic rings. The molecule has 0 radical (unpaired) electrons. The molecule has 19 heavy (non-hydrogen) atoms. The lowest BCUT2D eigenvalue weighted by atomic mass is 10.1. The molecule has 5 heteroatoms. The van der Waals surface area contributed by atoms with Crippen LogP contribution in [0.5, 0.6) is 11.5 Å². The predicted octanol–water partition coefficient (Wildman–Crippen LogP) is 4.72. The SMILES string of the molecule is CC(=O)c1cccc(F)c1Oc1cc(F)ccc1Br. The Hall–Kier alpha value is -1.75. The number of carbonyl (C=O) groups is 1. The van der Waals surface area contributed by atoms with E-state index in [4.69, 9.17) is 4.74 Å². The third kappa shape index (κ3) is 2.98. The van der Waals surface area contributed by atoms with E-state index >= 15 is 0 Å². The van der Waals surface area contributed by atoms with Crippen molar-refractivity contribution in [3.63, 3.8) is 0 Å². The lowest BCUT2D eigenvalue weighted by Gasteiger charge is -2.11. The van der Waals surface area contributed by atoms with Crippen LogP contribution in [-0.2, 0) is 0 Å². The van der Waals surface area contributed by atoms with E-state index in [-0.39, 0.29) is 22.8 Å². The molecule has 0 bridgehead atoms. The summed E-state index contributed by atoms with van der Waals surface area (Å²) in [6.07, 6.45) is 0. The third-order valence-corrected chi connectivity index (χ3v) is 3.11. The molecule has 0 aliphatic rings. The van der Waals surface area contributed by atoms with E-state index in [9.17, 15) is 13.6 Å². The molecule has 0 fully saturated rings. The molecule has 0 aliphatic heterocycles. The number of halogens is 3. The van der Waals surface area contributed by atoms with Crippen molar-refractivity contribution in [2.45, 2.75) is 6.92 Å². The molecule has 2 aromatic carbocycles. The van der Waals surface area contributed by atoms with Gasteiger partial charge in [0.1, 0.15) is 11.6 Å². The summed E-state index contributed by atoms with van der Waals surface area (Å²) in [6.45, 7) is 1.31. The van der Waals surface area contributed by atoms with Gasteiger partial charge in [-0.25, -0.2) is 8.78 Å². The van der Waals surface area contributed by atoms with Crippen molar-refractivity contribution >= 4 is 21.7 Å². The zero-order valence-electron chi connectivity index (χ0n) is 9.91. The fourth-order valence-corrected chi connectivity index (χ4v) is 1.88. The summed E-state index contributed by atoms with van der Waals surface area (Å²) in [5.74, 6) is -1.63. The standard InChI is InChI=1S/C14H9BrF2O2/c1-8(18)10-3-2-4-12(17)14(10)19-13-7-9(16)5-6-11(13)15/h2-7H,1H3. The summed E-state index contributed by atoms with van der Waals surface area (Å²) in [5, 5.41) is 0. The molecule has 0 aliphatic carbocycles. The van der Waals surface area contributed by atoms with Gasteiger partial charge in [-0.15, -0.1) is 0 Å². The molecular weight excluding hydrogens is 318 g/mol. The number of Topliss-reactive ketones (excluding diaryl/α,β-unsaturated/α-hetero) is 1. The van der Waals surface area contributed by atoms with Gasteiger partial charge in [-0.3, -0.25) is 4.79 Å². The minimum Gasteiger partial charge on any atom is -0.452 e. The van der Waals surface area contributed by atoms with Gasteiger partial charge in [-0.2, -0.15) is 0 Å². The molecule has 0 spiro atoms. The topological polar surface area (TPSA) is 26.3 Å². The number of carbonyl (C=O) groups excluding carboxylic acids is 1. The smallest absolute Gasteiger partial charge is 0.173 e. The Morgan fingerprint density at radius 2 is 1.95 bits per heavy atom. The van der Waals surface area contributed by atoms with E-state index < -0.39 is 11.6 Å². The Bertz CT molecular complexity index is 641. The third-order valence-electron chi connectivity index (χ3n) is 2.45. The van der Waals surface area contributed by atoms with Gasteiger partial charge < -0.3 is 4.74 Å². The first kappa shape index (κ1) is 13.7. The van der Waals surface area contributed by atoms with Crippen LogP contribution in [0.2, 0.25) is 0 Å². The normalized spacial score (nSPS) is 10.3. The van der Waals surface area contributed by atoms with Crippen molar-refractivity contribution in [3.05, 3.63) is 58.1 Å². The Morgan fingerprint density at radius 3 is 2.63 bits per heavy atom. The maximum Gasteiger partial charge on any atom is 0.173 e. The molecule has 2 rings (SSSR count). The summed E-state index contributed by atoms with van der Waals surface area (Å²) in [5.41, 5.74) is 0.108. The van der Waals surface area contributed by atoms with Crippen molar-refractivity contribution in [2.24, 2.45) is 0 Å². The van der Waals surface area contributed by atoms with Crippen molar-refractivity contribution < 1.29 is 18.3 Å². The average Bonchev–Trinajstić information content (AvgIpc) is 2.35. The Morgan fingerprint density at radius 1 is 1.21 bits per heavy atom. The number of hydrogen-bond donors (Lipinski definition) is 0. The van der Waals surface area contributed by atoms with Crippen LogP contribution in [0, 0.1) is 11.6 Å². The molecule has 0 saturated carbocycles. The lowest BCUT2D eigenvalue weighted by Crippen LogP contribution is -2.00. The zero-order valence-corrected chi connectivity index (χ0v) is 11.5. The second kappa shape index (κ2) is 5.48. The van der Waals surface area contributed by atoms with Crippen LogP contribution in [0.15, 0.2) is 40.9 Å². The fraction of sp³-hybridized carbons (Fsp3) is 0.0714. The van der Waals surface area contributed by atoms with Crippen LogP contribution in [-0.4, -0.2) is 5.78 Å². The molecular formula is C14H9BrF2O2. The second-order valence-corrected chi connectivity index (χ2v) is 4.70. The molecule has 0 atom stereocenters. The molecule has 0 saturated heterocycles. The van der Waals surface area contributed by atoms with Crippen molar-refractivity contribution in [1.29, 1.82) is 0 Å². The van der Waals surface area contributed by atoms with Crippen molar-refractivity contribution in [3.8, 4) is 11.5 Å². The highest BCUT2D eigenvalue weighted by atomic mass is 79.9. The van der Waals surface area contributed by atoms with E-state index in [0.29, 0.717) is 4.47 Å². The molecule has 0 N–H and O–H groups in total. The largest absolute Gasteiger partial charge is 0.452 e. The fourth-order valence-electron chi connectivity index (χ4n) is 1.56. The lowest BCUT2D eigenvalue weighted by molar-refractivity contribution is 0.101. The van der Waals surface area contributed by atoms with Crippen molar-refractivity contribution in [2.75, 3.05) is 0 Å². The Labute approximate surface area is 117 Å². The second-order valence-electron chi connectivity index (χ2n) is 3.85. The highest BCUT2D eigenvalue weighted by molar-refractivity contribution is 9.10. The summed E-state index contributed by atoms with van der Waals surface area (Å²) in [7, 11) is 0. The summed E-state index contributed by atoms with van der Waals surface area (Å²) < 4.78 is 32.7. The number of ether oxygens (including phenoxy) is 1. The molecule has 2 nitrogen and oxygen atoms in total. The minimum absolute atomic E-state index is 0.104. The predicted molar refractivity (Wildman–Crippen MR) is 70.6 cm³/mol. The number of rotatable bonds is 3. The van der Waals surface area contributed by atoms with Gasteiger partial charge in [0.25, 0.3) is 0 Å². The van der Waals surface area contributed by atoms with Gasteiger partial charge in [-0.1, -0.05) is 6.07 Å². The van der Waals surface area contributed by atoms with Gasteiger partial charge >= 0.3 is 0 Å². The van der Waals surface area contributed by atoms with Crippen LogP contribution in [0.3, 0.4) is 0 Å². The summed E-state index contributed by atoms with van der Waals surface area (Å²) in [4.78, 5) is 11.4. The zero-order chi connectivity index (χ0) is 14.0. The van der Waals surface area contributed by atoms with Gasteiger partial charge in [0, 0.05) is 6.07 Å². The van der Waals surface area contributed by atoms with Gasteiger partial charge in [0.2, 0.25) is 0 Å². The maximum atomic E-state index is 13.7. The van der Waals surface area contributed by atoms with E-state index in [2.05, 4.69) is 15.9 Å². The molecule has 0 unspecified atom stereocenters. The Balaban J connectivity index is 2.49. The number of hydrogen-bond acceptors (Lipinski definition) is 2. The summed E-state index contributed by atoms with van der Waals surface area (Å²) >= 11 is 3.18. The van der Waals surface area contributed by atoms with Crippen molar-refractivity contribution in [1.82, 2.24) is 0 Å². The van der Waals surface area contributed by atoms with E-state index in [1.54, 1.807) is 0 Å². The molecule has 0 aromatic heterocycles. The highest BCUT2D eigenvalue weighted by Crippen LogP contribution is 2.33. The quantitative estimate of drug-likeness (QED) is 0.763. The maximum absolute atomic E-state index is 13.7. The minimum atomic E-state index is -0.677. The summed E-state index contributed by atoms with van der Waals surface area (Å²) in [6, 6.07) is 7.84. The van der Waals surface area contributed by atoms with Crippen LogP contribution in [0.4, 0.5) is 8.78 Å². The van der Waals surface area contributed by atoms with Gasteiger partial charge in [-0.05, 0) is 47.1 Å². The molecule has 0 heterocycles. The number of para-hydroxylation sites is 1. The van der Waals surface area contributed by atoms with Gasteiger partial charge in [0.15, 0.2) is 17.3 Å². The highest BCUT2D eigenvalue weighted by Gasteiger charge is 2.15. The molecule has 98 valence electrons. The first-order chi connectivity index (χ1) is 8.99. The average molecular weight is 327 g/mol. The van der Waals surface area contributed by atoms with E-state index in [1.807, 2.05) is 0 Å². The van der Waals surface area contributed by atoms with Gasteiger partial charge in [0.05, 0.1) is 10.0 Å². The van der Waals surface area contributed by atoms with Crippen LogP contribution in [0.1, 0.15) is 17.3 Å². The van der Waals surface area contributed by atoms with E-state index in [1.165, 1.54) is 37.3 Å². The Kier molecular flexibility index (Phi) is 3.95. The number of benzene rings is 2.